The van der Waals surface area contributed by atoms with E-state index in [1.165, 1.54) is 6.07 Å². The molecule has 2 N–H and O–H groups in total. The lowest BCUT2D eigenvalue weighted by Crippen LogP contribution is -2.31. The van der Waals surface area contributed by atoms with Gasteiger partial charge in [-0.3, -0.25) is 0 Å². The molecular weight excluding hydrogens is 201 g/mol. The highest BCUT2D eigenvalue weighted by atomic mass is 35.5. The summed E-state index contributed by atoms with van der Waals surface area (Å²) in [5.41, 5.74) is 6.26. The van der Waals surface area contributed by atoms with Gasteiger partial charge in [-0.15, -0.1) is 0 Å². The second-order valence-electron chi connectivity index (χ2n) is 3.81. The first-order valence-corrected chi connectivity index (χ1v) is 5.25. The van der Waals surface area contributed by atoms with Crippen LogP contribution in [0.15, 0.2) is 18.2 Å². The van der Waals surface area contributed by atoms with Crippen LogP contribution in [0, 0.1) is 11.7 Å². The van der Waals surface area contributed by atoms with Crippen molar-refractivity contribution >= 4 is 11.6 Å². The van der Waals surface area contributed by atoms with Crippen LogP contribution in [0.2, 0.25) is 5.02 Å². The highest BCUT2D eigenvalue weighted by Crippen LogP contribution is 2.45. The van der Waals surface area contributed by atoms with Gasteiger partial charge in [0.2, 0.25) is 0 Å². The minimum Gasteiger partial charge on any atom is -0.330 e. The van der Waals surface area contributed by atoms with Crippen molar-refractivity contribution in [3.05, 3.63) is 34.6 Å². The Bertz CT molecular complexity index is 318. The van der Waals surface area contributed by atoms with Crippen LogP contribution in [0.3, 0.4) is 0 Å². The number of nitrogens with two attached hydrogens (primary N) is 1. The standard InChI is InChI=1S/C11H13ClFN/c12-9-2-1-3-10(13)11(9)8-5-4-7(8)6-14/h1-3,7-8H,4-6,14H2. The van der Waals surface area contributed by atoms with Crippen molar-refractivity contribution in [2.45, 2.75) is 18.8 Å². The smallest absolute Gasteiger partial charge is 0.128 e. The molecule has 1 fully saturated rings. The summed E-state index contributed by atoms with van der Waals surface area (Å²) in [6.07, 6.45) is 2.09. The molecule has 1 aromatic rings. The van der Waals surface area contributed by atoms with Crippen molar-refractivity contribution in [2.24, 2.45) is 11.7 Å². The first-order chi connectivity index (χ1) is 6.74. The van der Waals surface area contributed by atoms with E-state index in [1.807, 2.05) is 0 Å². The minimum absolute atomic E-state index is 0.194. The summed E-state index contributed by atoms with van der Waals surface area (Å²) in [5, 5.41) is 0.535. The van der Waals surface area contributed by atoms with Crippen LogP contribution in [0.5, 0.6) is 0 Å². The lowest BCUT2D eigenvalue weighted by Gasteiger charge is -2.36. The third-order valence-electron chi connectivity index (χ3n) is 3.09. The van der Waals surface area contributed by atoms with Gasteiger partial charge in [-0.25, -0.2) is 4.39 Å². The first-order valence-electron chi connectivity index (χ1n) is 4.88. The summed E-state index contributed by atoms with van der Waals surface area (Å²) in [6.45, 7) is 0.620. The molecule has 14 heavy (non-hydrogen) atoms. The molecule has 1 aliphatic rings. The van der Waals surface area contributed by atoms with Gasteiger partial charge < -0.3 is 5.73 Å². The van der Waals surface area contributed by atoms with E-state index in [1.54, 1.807) is 12.1 Å². The Labute approximate surface area is 88.1 Å². The molecule has 0 radical (unpaired) electrons. The van der Waals surface area contributed by atoms with E-state index < -0.39 is 0 Å². The van der Waals surface area contributed by atoms with Crippen molar-refractivity contribution in [2.75, 3.05) is 6.54 Å². The zero-order valence-corrected chi connectivity index (χ0v) is 8.60. The van der Waals surface area contributed by atoms with Gasteiger partial charge in [0.15, 0.2) is 0 Å². The molecule has 2 unspecified atom stereocenters. The molecule has 0 amide bonds. The molecule has 0 aliphatic heterocycles. The van der Waals surface area contributed by atoms with Gasteiger partial charge in [0, 0.05) is 10.6 Å². The summed E-state index contributed by atoms with van der Waals surface area (Å²) in [5.74, 6) is 0.443. The van der Waals surface area contributed by atoms with Crippen molar-refractivity contribution in [1.29, 1.82) is 0 Å². The first kappa shape index (κ1) is 9.94. The zero-order valence-electron chi connectivity index (χ0n) is 7.84. The summed E-state index contributed by atoms with van der Waals surface area (Å²) >= 11 is 5.98. The van der Waals surface area contributed by atoms with Crippen molar-refractivity contribution in [3.8, 4) is 0 Å². The minimum atomic E-state index is -0.194. The summed E-state index contributed by atoms with van der Waals surface area (Å²) < 4.78 is 13.5. The molecule has 0 aromatic heterocycles. The van der Waals surface area contributed by atoms with E-state index in [4.69, 9.17) is 17.3 Å². The summed E-state index contributed by atoms with van der Waals surface area (Å²) in [7, 11) is 0. The largest absolute Gasteiger partial charge is 0.330 e. The molecule has 1 aliphatic carbocycles. The highest BCUT2D eigenvalue weighted by molar-refractivity contribution is 6.31. The third-order valence-corrected chi connectivity index (χ3v) is 3.42. The summed E-state index contributed by atoms with van der Waals surface area (Å²) in [6, 6.07) is 4.84. The molecule has 1 saturated carbocycles. The number of hydrogen-bond acceptors (Lipinski definition) is 1. The average molecular weight is 214 g/mol. The number of hydrogen-bond donors (Lipinski definition) is 1. The van der Waals surface area contributed by atoms with Crippen molar-refractivity contribution in [3.63, 3.8) is 0 Å². The van der Waals surface area contributed by atoms with E-state index >= 15 is 0 Å². The molecule has 1 aromatic carbocycles. The third kappa shape index (κ3) is 1.53. The summed E-state index contributed by atoms with van der Waals surface area (Å²) in [4.78, 5) is 0. The Hall–Kier alpha value is -0.600. The van der Waals surface area contributed by atoms with E-state index in [2.05, 4.69) is 0 Å². The Balaban J connectivity index is 2.31. The van der Waals surface area contributed by atoms with Gasteiger partial charge in [0.1, 0.15) is 5.82 Å². The zero-order chi connectivity index (χ0) is 10.1. The molecule has 76 valence electrons. The number of rotatable bonds is 2. The molecule has 0 saturated heterocycles. The number of benzene rings is 1. The Morgan fingerprint density at radius 3 is 2.71 bits per heavy atom. The lowest BCUT2D eigenvalue weighted by atomic mass is 9.70. The monoisotopic (exact) mass is 213 g/mol. The maximum absolute atomic E-state index is 13.5. The van der Waals surface area contributed by atoms with Crippen LogP contribution < -0.4 is 5.73 Å². The normalized spacial score (nSPS) is 25.9. The predicted molar refractivity (Wildman–Crippen MR) is 55.9 cm³/mol. The Kier molecular flexibility index (Phi) is 2.75. The molecule has 0 bridgehead atoms. The van der Waals surface area contributed by atoms with Crippen LogP contribution in [0.4, 0.5) is 4.39 Å². The molecule has 0 heterocycles. The SMILES string of the molecule is NCC1CCC1c1c(F)cccc1Cl. The van der Waals surface area contributed by atoms with Crippen molar-refractivity contribution < 1.29 is 4.39 Å². The van der Waals surface area contributed by atoms with Gasteiger partial charge in [-0.2, -0.15) is 0 Å². The molecule has 0 spiro atoms. The second-order valence-corrected chi connectivity index (χ2v) is 4.22. The van der Waals surface area contributed by atoms with E-state index in [0.29, 0.717) is 23.0 Å². The van der Waals surface area contributed by atoms with Crippen LogP contribution in [0.25, 0.3) is 0 Å². The fourth-order valence-corrected chi connectivity index (χ4v) is 2.40. The van der Waals surface area contributed by atoms with Crippen LogP contribution in [-0.4, -0.2) is 6.54 Å². The highest BCUT2D eigenvalue weighted by Gasteiger charge is 2.33. The van der Waals surface area contributed by atoms with Gasteiger partial charge >= 0.3 is 0 Å². The van der Waals surface area contributed by atoms with E-state index in [0.717, 1.165) is 12.8 Å². The van der Waals surface area contributed by atoms with Crippen LogP contribution in [0.1, 0.15) is 24.3 Å². The average Bonchev–Trinajstić information content (AvgIpc) is 2.10. The van der Waals surface area contributed by atoms with Gasteiger partial charge in [0.25, 0.3) is 0 Å². The van der Waals surface area contributed by atoms with Gasteiger partial charge in [0.05, 0.1) is 0 Å². The quantitative estimate of drug-likeness (QED) is 0.803. The second kappa shape index (κ2) is 3.87. The van der Waals surface area contributed by atoms with E-state index in [-0.39, 0.29) is 11.7 Å². The van der Waals surface area contributed by atoms with Crippen molar-refractivity contribution in [1.82, 2.24) is 0 Å². The Morgan fingerprint density at radius 1 is 1.43 bits per heavy atom. The topological polar surface area (TPSA) is 26.0 Å². The fourth-order valence-electron chi connectivity index (χ4n) is 2.10. The Morgan fingerprint density at radius 2 is 2.21 bits per heavy atom. The van der Waals surface area contributed by atoms with Crippen LogP contribution in [-0.2, 0) is 0 Å². The molecule has 1 nitrogen and oxygen atoms in total. The molecular formula is C11H13ClFN. The predicted octanol–water partition coefficient (Wildman–Crippen LogP) is 2.93. The maximum atomic E-state index is 13.5. The lowest BCUT2D eigenvalue weighted by molar-refractivity contribution is 0.257. The molecule has 2 atom stereocenters. The molecule has 3 heteroatoms. The van der Waals surface area contributed by atoms with Gasteiger partial charge in [-0.1, -0.05) is 17.7 Å². The number of halogens is 2. The maximum Gasteiger partial charge on any atom is 0.128 e. The van der Waals surface area contributed by atoms with E-state index in [9.17, 15) is 4.39 Å². The molecule has 2 rings (SSSR count). The van der Waals surface area contributed by atoms with Gasteiger partial charge in [-0.05, 0) is 43.4 Å². The fraction of sp³-hybridized carbons (Fsp3) is 0.455. The van der Waals surface area contributed by atoms with Crippen LogP contribution >= 0.6 is 11.6 Å².